The molecule has 0 saturated heterocycles. The van der Waals surface area contributed by atoms with Gasteiger partial charge >= 0.3 is 51.4 Å². The van der Waals surface area contributed by atoms with Crippen LogP contribution in [0.1, 0.15) is 6.92 Å². The summed E-state index contributed by atoms with van der Waals surface area (Å²) in [6, 6.07) is 0. The summed E-state index contributed by atoms with van der Waals surface area (Å²) in [6.07, 6.45) is 0. The number of hydrogen-bond donors (Lipinski definition) is 1. The van der Waals surface area contributed by atoms with Crippen molar-refractivity contribution in [1.29, 1.82) is 0 Å². The second kappa shape index (κ2) is 4.61. The molecule has 12 heavy (non-hydrogen) atoms. The van der Waals surface area contributed by atoms with Gasteiger partial charge in [0.2, 0.25) is 0 Å². The number of rotatable bonds is 2. The zero-order valence-electron chi connectivity index (χ0n) is 6.29. The molecule has 0 aliphatic rings. The Labute approximate surface area is 111 Å². The quantitative estimate of drug-likeness (QED) is 0.373. The second-order valence-electron chi connectivity index (χ2n) is 1.97. The van der Waals surface area contributed by atoms with Gasteiger partial charge in [-0.1, -0.05) is 0 Å². The molecule has 0 heterocycles. The first-order valence-electron chi connectivity index (χ1n) is 2.27. The van der Waals surface area contributed by atoms with Crippen LogP contribution in [0.25, 0.3) is 0 Å². The Bertz CT molecular complexity index is 212. The van der Waals surface area contributed by atoms with E-state index in [-0.39, 0.29) is 58.3 Å². The Kier molecular flexibility index (Phi) is 6.27. The molecule has 0 bridgehead atoms. The average molecular weight is 241 g/mol. The summed E-state index contributed by atoms with van der Waals surface area (Å²) in [4.78, 5) is 39.8. The zero-order valence-corrected chi connectivity index (χ0v) is 11.2. The van der Waals surface area contributed by atoms with Crippen LogP contribution in [-0.4, -0.2) is 10.2 Å². The van der Waals surface area contributed by atoms with Gasteiger partial charge in [-0.2, -0.15) is 0 Å². The van der Waals surface area contributed by atoms with Gasteiger partial charge in [-0.3, -0.25) is 0 Å². The summed E-state index contributed by atoms with van der Waals surface area (Å²) in [7, 11) is -11.6. The van der Waals surface area contributed by atoms with E-state index in [0.717, 1.165) is 0 Å². The molecule has 7 nitrogen and oxygen atoms in total. The maximum absolute atomic E-state index is 9.95. The van der Waals surface area contributed by atoms with Crippen molar-refractivity contribution in [2.45, 2.75) is 12.0 Å². The minimum Gasteiger partial charge on any atom is -0.808 e. The summed E-state index contributed by atoms with van der Waals surface area (Å²) >= 11 is 0. The fourth-order valence-electron chi connectivity index (χ4n) is 0.150. The third-order valence-corrected chi connectivity index (χ3v) is 4.58. The van der Waals surface area contributed by atoms with Crippen molar-refractivity contribution in [2.24, 2.45) is 0 Å². The van der Waals surface area contributed by atoms with Crippen molar-refractivity contribution in [3.63, 3.8) is 0 Å². The standard InChI is InChI=1S/C2H8O7P2.K/c1-2(3,10(4,5)6)11(7,8)9;/h3H,1H3,(H2,4,5,6)(H2,7,8,9);/q;+1/p-4. The van der Waals surface area contributed by atoms with E-state index in [1.807, 2.05) is 0 Å². The molecule has 0 rings (SSSR count). The van der Waals surface area contributed by atoms with Crippen molar-refractivity contribution < 1.29 is 85.2 Å². The van der Waals surface area contributed by atoms with Crippen LogP contribution in [0.5, 0.6) is 0 Å². The normalized spacial score (nSPS) is 13.8. The van der Waals surface area contributed by atoms with Gasteiger partial charge in [-0.15, -0.1) is 0 Å². The molecule has 0 amide bonds. The summed E-state index contributed by atoms with van der Waals surface area (Å²) in [5.41, 5.74) is 0. The SMILES string of the molecule is CC(O)(P(=O)([O-])[O-])P(=O)([O-])[O-].[K+]. The van der Waals surface area contributed by atoms with Gasteiger partial charge in [0.15, 0.2) is 0 Å². The topological polar surface area (TPSA) is 147 Å². The molecule has 10 heteroatoms. The van der Waals surface area contributed by atoms with E-state index in [1.54, 1.807) is 0 Å². The molecule has 0 aromatic heterocycles. The Hall–Kier alpha value is 1.90. The summed E-state index contributed by atoms with van der Waals surface area (Å²) < 4.78 is 19.9. The first-order chi connectivity index (χ1) is 4.50. The maximum Gasteiger partial charge on any atom is 1.00 e. The van der Waals surface area contributed by atoms with Crippen LogP contribution in [0, 0.1) is 0 Å². The van der Waals surface area contributed by atoms with E-state index in [4.69, 9.17) is 5.11 Å². The first kappa shape index (κ1) is 16.3. The summed E-state index contributed by atoms with van der Waals surface area (Å²) in [5, 5.41) is 4.68. The fourth-order valence-corrected chi connectivity index (χ4v) is 1.35. The van der Waals surface area contributed by atoms with Crippen LogP contribution in [0.4, 0.5) is 0 Å². The Morgan fingerprint density at radius 1 is 1.08 bits per heavy atom. The van der Waals surface area contributed by atoms with Gasteiger partial charge in [-0.25, -0.2) is 0 Å². The van der Waals surface area contributed by atoms with E-state index in [1.165, 1.54) is 0 Å². The molecule has 0 saturated carbocycles. The van der Waals surface area contributed by atoms with Crippen LogP contribution in [0.15, 0.2) is 0 Å². The predicted octanol–water partition coefficient (Wildman–Crippen LogP) is -6.52. The molecule has 0 radical (unpaired) electrons. The molecular formula is C2H4KO7P2-3. The smallest absolute Gasteiger partial charge is 0.808 e. The molecule has 68 valence electrons. The van der Waals surface area contributed by atoms with E-state index >= 15 is 0 Å². The van der Waals surface area contributed by atoms with Crippen LogP contribution in [0.2, 0.25) is 0 Å². The van der Waals surface area contributed by atoms with Crippen LogP contribution >= 0.6 is 15.2 Å². The van der Waals surface area contributed by atoms with Crippen molar-refractivity contribution in [1.82, 2.24) is 0 Å². The van der Waals surface area contributed by atoms with E-state index in [2.05, 4.69) is 0 Å². The molecule has 0 aromatic carbocycles. The van der Waals surface area contributed by atoms with Crippen molar-refractivity contribution in [3.05, 3.63) is 0 Å². The monoisotopic (exact) mass is 241 g/mol. The van der Waals surface area contributed by atoms with Crippen LogP contribution in [0.3, 0.4) is 0 Å². The van der Waals surface area contributed by atoms with Crippen LogP contribution in [-0.2, 0) is 9.13 Å². The molecule has 1 N–H and O–H groups in total. The zero-order chi connectivity index (χ0) is 9.50. The van der Waals surface area contributed by atoms with Gasteiger partial charge < -0.3 is 33.8 Å². The van der Waals surface area contributed by atoms with Gasteiger partial charge in [-0.05, 0) is 22.1 Å². The molecule has 0 fully saturated rings. The maximum atomic E-state index is 9.95. The Morgan fingerprint density at radius 2 is 1.25 bits per heavy atom. The van der Waals surface area contributed by atoms with Crippen molar-refractivity contribution >= 4 is 15.2 Å². The van der Waals surface area contributed by atoms with E-state index < -0.39 is 20.3 Å². The number of aliphatic hydroxyl groups is 1. The molecule has 0 aliphatic carbocycles. The predicted molar refractivity (Wildman–Crippen MR) is 25.8 cm³/mol. The molecule has 0 aliphatic heterocycles. The Balaban J connectivity index is 0. The third-order valence-electron chi connectivity index (χ3n) is 1.04. The van der Waals surface area contributed by atoms with Gasteiger partial charge in [0, 0.05) is 0 Å². The van der Waals surface area contributed by atoms with Crippen molar-refractivity contribution in [3.8, 4) is 0 Å². The van der Waals surface area contributed by atoms with Gasteiger partial charge in [0.05, 0.1) is 0 Å². The van der Waals surface area contributed by atoms with Crippen LogP contribution < -0.4 is 71.0 Å². The van der Waals surface area contributed by atoms with Gasteiger partial charge in [0.1, 0.15) is 5.08 Å². The molecule has 0 spiro atoms. The molecule has 0 atom stereocenters. The minimum absolute atomic E-state index is 0. The minimum atomic E-state index is -5.82. The first-order valence-corrected chi connectivity index (χ1v) is 5.35. The number of hydrogen-bond acceptors (Lipinski definition) is 7. The molecular weight excluding hydrogens is 237 g/mol. The second-order valence-corrected chi connectivity index (χ2v) is 6.05. The summed E-state index contributed by atoms with van der Waals surface area (Å²) in [6.45, 7) is 0.133. The van der Waals surface area contributed by atoms with E-state index in [9.17, 15) is 28.7 Å². The molecule has 0 unspecified atom stereocenters. The summed E-state index contributed by atoms with van der Waals surface area (Å²) in [5.74, 6) is 0. The van der Waals surface area contributed by atoms with E-state index in [0.29, 0.717) is 0 Å². The average Bonchev–Trinajstić information content (AvgIpc) is 1.58. The Morgan fingerprint density at radius 3 is 1.25 bits per heavy atom. The van der Waals surface area contributed by atoms with Crippen molar-refractivity contribution in [2.75, 3.05) is 0 Å². The molecule has 0 aromatic rings. The largest absolute Gasteiger partial charge is 1.00 e. The third kappa shape index (κ3) is 3.57. The fraction of sp³-hybridized carbons (Fsp3) is 1.00. The van der Waals surface area contributed by atoms with Gasteiger partial charge in [0.25, 0.3) is 0 Å².